The van der Waals surface area contributed by atoms with Crippen LogP contribution < -0.4 is 9.62 Å². The number of halogens is 2. The van der Waals surface area contributed by atoms with Gasteiger partial charge in [-0.25, -0.2) is 13.1 Å². The zero-order chi connectivity index (χ0) is 20.0. The lowest BCUT2D eigenvalue weighted by Crippen LogP contribution is -2.47. The van der Waals surface area contributed by atoms with Crippen molar-refractivity contribution >= 4 is 38.9 Å². The largest absolute Gasteiger partial charge is 0.369 e. The molecule has 1 fully saturated rings. The Balaban J connectivity index is 1.35. The predicted octanol–water partition coefficient (Wildman–Crippen LogP) is 3.63. The van der Waals surface area contributed by atoms with Gasteiger partial charge < -0.3 is 4.90 Å². The Morgan fingerprint density at radius 2 is 1.43 bits per heavy atom. The number of piperazine rings is 1. The standard InChI is InChI=1S/C20H25Cl2N3O2S/c21-18-4-2-17(3-5-18)16-28(26,27)23-10-1-11-24-12-14-25(15-13-24)20-8-6-19(22)7-9-20/h2-9,23H,1,10-16H2. The molecular weight excluding hydrogens is 417 g/mol. The van der Waals surface area contributed by atoms with Gasteiger partial charge in [-0.05, 0) is 54.9 Å². The zero-order valence-corrected chi connectivity index (χ0v) is 18.0. The van der Waals surface area contributed by atoms with Crippen molar-refractivity contribution in [2.24, 2.45) is 0 Å². The minimum atomic E-state index is -3.33. The highest BCUT2D eigenvalue weighted by Gasteiger charge is 2.17. The Morgan fingerprint density at radius 3 is 2.04 bits per heavy atom. The molecule has 0 unspecified atom stereocenters. The first-order valence-corrected chi connectivity index (χ1v) is 11.8. The number of anilines is 1. The summed E-state index contributed by atoms with van der Waals surface area (Å²) in [5, 5.41) is 1.35. The van der Waals surface area contributed by atoms with Crippen LogP contribution in [0.25, 0.3) is 0 Å². The molecule has 1 aliphatic heterocycles. The van der Waals surface area contributed by atoms with E-state index in [1.807, 2.05) is 24.3 Å². The summed E-state index contributed by atoms with van der Waals surface area (Å²) in [5.41, 5.74) is 1.93. The average molecular weight is 442 g/mol. The summed E-state index contributed by atoms with van der Waals surface area (Å²) >= 11 is 11.8. The molecule has 2 aromatic rings. The van der Waals surface area contributed by atoms with E-state index in [0.717, 1.165) is 49.7 Å². The van der Waals surface area contributed by atoms with Gasteiger partial charge >= 0.3 is 0 Å². The molecule has 5 nitrogen and oxygen atoms in total. The lowest BCUT2D eigenvalue weighted by Gasteiger charge is -2.36. The quantitative estimate of drug-likeness (QED) is 0.635. The summed E-state index contributed by atoms with van der Waals surface area (Å²) in [6.07, 6.45) is 0.792. The van der Waals surface area contributed by atoms with Gasteiger partial charge in [0.05, 0.1) is 5.75 Å². The Morgan fingerprint density at radius 1 is 0.857 bits per heavy atom. The third kappa shape index (κ3) is 6.64. The van der Waals surface area contributed by atoms with E-state index in [1.54, 1.807) is 24.3 Å². The summed E-state index contributed by atoms with van der Waals surface area (Å²) in [7, 11) is -3.33. The topological polar surface area (TPSA) is 52.7 Å². The molecular formula is C20H25Cl2N3O2S. The van der Waals surface area contributed by atoms with E-state index in [4.69, 9.17) is 23.2 Å². The first-order chi connectivity index (χ1) is 13.4. The van der Waals surface area contributed by atoms with Crippen LogP contribution in [-0.4, -0.2) is 52.6 Å². The smallest absolute Gasteiger partial charge is 0.215 e. The molecule has 3 rings (SSSR count). The molecule has 0 radical (unpaired) electrons. The maximum Gasteiger partial charge on any atom is 0.215 e. The molecule has 0 spiro atoms. The van der Waals surface area contributed by atoms with Crippen LogP contribution in [0.15, 0.2) is 48.5 Å². The lowest BCUT2D eigenvalue weighted by molar-refractivity contribution is 0.255. The van der Waals surface area contributed by atoms with Crippen molar-refractivity contribution in [1.29, 1.82) is 0 Å². The predicted molar refractivity (Wildman–Crippen MR) is 117 cm³/mol. The maximum absolute atomic E-state index is 12.2. The van der Waals surface area contributed by atoms with Gasteiger partial charge in [0.25, 0.3) is 0 Å². The fourth-order valence-corrected chi connectivity index (χ4v) is 4.70. The molecule has 0 amide bonds. The highest BCUT2D eigenvalue weighted by atomic mass is 35.5. The van der Waals surface area contributed by atoms with Crippen LogP contribution in [0.5, 0.6) is 0 Å². The lowest BCUT2D eigenvalue weighted by atomic mass is 10.2. The van der Waals surface area contributed by atoms with Gasteiger partial charge in [-0.3, -0.25) is 4.90 Å². The van der Waals surface area contributed by atoms with E-state index < -0.39 is 10.0 Å². The number of nitrogens with zero attached hydrogens (tertiary/aromatic N) is 2. The second-order valence-electron chi connectivity index (χ2n) is 6.94. The van der Waals surface area contributed by atoms with Crippen molar-refractivity contribution in [2.75, 3.05) is 44.2 Å². The molecule has 0 atom stereocenters. The summed E-state index contributed by atoms with van der Waals surface area (Å²) in [4.78, 5) is 4.72. The highest BCUT2D eigenvalue weighted by Crippen LogP contribution is 2.19. The van der Waals surface area contributed by atoms with E-state index in [1.165, 1.54) is 5.69 Å². The molecule has 1 N–H and O–H groups in total. The Labute approximate surface area is 177 Å². The Hall–Kier alpha value is -1.31. The molecule has 1 aliphatic rings. The average Bonchev–Trinajstić information content (AvgIpc) is 2.68. The van der Waals surface area contributed by atoms with Crippen LogP contribution in [0.4, 0.5) is 5.69 Å². The van der Waals surface area contributed by atoms with Crippen molar-refractivity contribution in [1.82, 2.24) is 9.62 Å². The van der Waals surface area contributed by atoms with E-state index in [2.05, 4.69) is 14.5 Å². The van der Waals surface area contributed by atoms with Crippen molar-refractivity contribution < 1.29 is 8.42 Å². The van der Waals surface area contributed by atoms with Gasteiger partial charge in [-0.15, -0.1) is 0 Å². The normalized spacial score (nSPS) is 15.7. The fraction of sp³-hybridized carbons (Fsp3) is 0.400. The number of rotatable bonds is 8. The Bertz CT molecular complexity index is 850. The summed E-state index contributed by atoms with van der Waals surface area (Å²) in [6, 6.07) is 14.8. The van der Waals surface area contributed by atoms with Crippen molar-refractivity contribution in [3.8, 4) is 0 Å². The second-order valence-corrected chi connectivity index (χ2v) is 9.62. The summed E-state index contributed by atoms with van der Waals surface area (Å²) < 4.78 is 27.1. The number of hydrogen-bond donors (Lipinski definition) is 1. The molecule has 0 aliphatic carbocycles. The number of nitrogens with one attached hydrogen (secondary N) is 1. The molecule has 28 heavy (non-hydrogen) atoms. The van der Waals surface area contributed by atoms with E-state index in [0.29, 0.717) is 11.6 Å². The van der Waals surface area contributed by atoms with Crippen LogP contribution in [0.2, 0.25) is 10.0 Å². The third-order valence-corrected chi connectivity index (χ3v) is 6.67. The maximum atomic E-state index is 12.2. The van der Waals surface area contributed by atoms with Crippen LogP contribution in [0.1, 0.15) is 12.0 Å². The molecule has 2 aromatic carbocycles. The van der Waals surface area contributed by atoms with Crippen LogP contribution in [0, 0.1) is 0 Å². The monoisotopic (exact) mass is 441 g/mol. The van der Waals surface area contributed by atoms with Gasteiger partial charge in [-0.1, -0.05) is 35.3 Å². The first-order valence-electron chi connectivity index (χ1n) is 9.36. The summed E-state index contributed by atoms with van der Waals surface area (Å²) in [6.45, 7) is 5.21. The number of benzene rings is 2. The molecule has 0 aromatic heterocycles. The second kappa shape index (κ2) is 9.94. The zero-order valence-electron chi connectivity index (χ0n) is 15.7. The van der Waals surface area contributed by atoms with Crippen LogP contribution >= 0.6 is 23.2 Å². The fourth-order valence-electron chi connectivity index (χ4n) is 3.26. The SMILES string of the molecule is O=S(=O)(Cc1ccc(Cl)cc1)NCCCN1CCN(c2ccc(Cl)cc2)CC1. The molecule has 1 heterocycles. The van der Waals surface area contributed by atoms with E-state index in [9.17, 15) is 8.42 Å². The van der Waals surface area contributed by atoms with E-state index in [-0.39, 0.29) is 5.75 Å². The van der Waals surface area contributed by atoms with Crippen molar-refractivity contribution in [3.63, 3.8) is 0 Å². The Kier molecular flexibility index (Phi) is 7.60. The molecule has 8 heteroatoms. The molecule has 0 saturated carbocycles. The molecule has 152 valence electrons. The number of hydrogen-bond acceptors (Lipinski definition) is 4. The highest BCUT2D eigenvalue weighted by molar-refractivity contribution is 7.88. The van der Waals surface area contributed by atoms with Gasteiger partial charge in [-0.2, -0.15) is 0 Å². The minimum Gasteiger partial charge on any atom is -0.369 e. The van der Waals surface area contributed by atoms with Gasteiger partial charge in [0, 0.05) is 48.5 Å². The van der Waals surface area contributed by atoms with Gasteiger partial charge in [0.2, 0.25) is 10.0 Å². The van der Waals surface area contributed by atoms with Crippen molar-refractivity contribution in [3.05, 3.63) is 64.1 Å². The molecule has 1 saturated heterocycles. The first kappa shape index (κ1) is 21.4. The van der Waals surface area contributed by atoms with Gasteiger partial charge in [0.1, 0.15) is 0 Å². The van der Waals surface area contributed by atoms with Crippen LogP contribution in [0.3, 0.4) is 0 Å². The summed E-state index contributed by atoms with van der Waals surface area (Å²) in [5.74, 6) is -0.0239. The molecule has 0 bridgehead atoms. The third-order valence-electron chi connectivity index (χ3n) is 4.81. The van der Waals surface area contributed by atoms with Crippen LogP contribution in [-0.2, 0) is 15.8 Å². The number of sulfonamides is 1. The van der Waals surface area contributed by atoms with Crippen molar-refractivity contribution in [2.45, 2.75) is 12.2 Å². The minimum absolute atomic E-state index is 0.0239. The van der Waals surface area contributed by atoms with E-state index >= 15 is 0 Å². The van der Waals surface area contributed by atoms with Gasteiger partial charge in [0.15, 0.2) is 0 Å².